The van der Waals surface area contributed by atoms with E-state index >= 15 is 0 Å². The molecule has 2 aromatic heterocycles. The molecule has 0 aliphatic heterocycles. The number of rotatable bonds is 1. The number of fused-ring (bicyclic) bond motifs is 2. The minimum atomic E-state index is 0.0403. The zero-order chi connectivity index (χ0) is 13.7. The minimum absolute atomic E-state index is 0.0403. The van der Waals surface area contributed by atoms with Crippen LogP contribution in [0.1, 0.15) is 5.56 Å². The highest BCUT2D eigenvalue weighted by molar-refractivity contribution is 9.11. The van der Waals surface area contributed by atoms with Crippen molar-refractivity contribution in [3.63, 3.8) is 0 Å². The SMILES string of the molecule is O=c1c2ccccc2c2cccc3c(C=CBr)cn1c32. The van der Waals surface area contributed by atoms with Crippen LogP contribution >= 0.6 is 15.9 Å². The van der Waals surface area contributed by atoms with Crippen LogP contribution in [0.3, 0.4) is 0 Å². The predicted molar refractivity (Wildman–Crippen MR) is 87.8 cm³/mol. The van der Waals surface area contributed by atoms with Gasteiger partial charge in [-0.05, 0) is 22.5 Å². The molecule has 0 unspecified atom stereocenters. The van der Waals surface area contributed by atoms with Crippen LogP contribution in [-0.2, 0) is 0 Å². The van der Waals surface area contributed by atoms with Crippen LogP contribution in [0.2, 0.25) is 0 Å². The summed E-state index contributed by atoms with van der Waals surface area (Å²) in [5.74, 6) is 0. The molecular weight excluding hydrogens is 314 g/mol. The molecule has 0 bridgehead atoms. The van der Waals surface area contributed by atoms with Crippen LogP contribution in [0.15, 0.2) is 58.4 Å². The summed E-state index contributed by atoms with van der Waals surface area (Å²) < 4.78 is 1.76. The summed E-state index contributed by atoms with van der Waals surface area (Å²) in [7, 11) is 0. The van der Waals surface area contributed by atoms with Crippen LogP contribution in [0, 0.1) is 0 Å². The molecule has 0 radical (unpaired) electrons. The molecule has 96 valence electrons. The second-order valence-electron chi connectivity index (χ2n) is 4.80. The Bertz CT molecular complexity index is 1030. The van der Waals surface area contributed by atoms with E-state index in [1.165, 1.54) is 0 Å². The van der Waals surface area contributed by atoms with Gasteiger partial charge in [0, 0.05) is 27.9 Å². The van der Waals surface area contributed by atoms with Crippen LogP contribution in [-0.4, -0.2) is 4.40 Å². The van der Waals surface area contributed by atoms with Crippen molar-refractivity contribution in [1.29, 1.82) is 0 Å². The van der Waals surface area contributed by atoms with Crippen LogP contribution in [0.25, 0.3) is 33.1 Å². The number of halogens is 1. The van der Waals surface area contributed by atoms with E-state index in [0.29, 0.717) is 0 Å². The summed E-state index contributed by atoms with van der Waals surface area (Å²) in [5, 5.41) is 3.99. The summed E-state index contributed by atoms with van der Waals surface area (Å²) in [5.41, 5.74) is 2.08. The molecular formula is C17H10BrNO. The third kappa shape index (κ3) is 1.41. The normalized spacial score (nSPS) is 12.2. The molecule has 0 fully saturated rings. The Hall–Kier alpha value is -2.13. The van der Waals surface area contributed by atoms with Gasteiger partial charge in [0.15, 0.2) is 0 Å². The first kappa shape index (κ1) is 11.7. The second kappa shape index (κ2) is 4.18. The van der Waals surface area contributed by atoms with E-state index < -0.39 is 0 Å². The lowest BCUT2D eigenvalue weighted by Crippen LogP contribution is -2.11. The fraction of sp³-hybridized carbons (Fsp3) is 0. The zero-order valence-corrected chi connectivity index (χ0v) is 12.1. The van der Waals surface area contributed by atoms with Gasteiger partial charge >= 0.3 is 0 Å². The lowest BCUT2D eigenvalue weighted by atomic mass is 10.0. The van der Waals surface area contributed by atoms with Gasteiger partial charge in [-0.1, -0.05) is 52.3 Å². The Kier molecular flexibility index (Phi) is 2.44. The summed E-state index contributed by atoms with van der Waals surface area (Å²) in [6.07, 6.45) is 3.87. The van der Waals surface area contributed by atoms with Gasteiger partial charge < -0.3 is 0 Å². The standard InChI is InChI=1S/C17H10BrNO/c18-9-8-11-10-19-16-12(11)6-3-7-14(16)13-4-1-2-5-15(13)17(19)20/h1-10H. The molecule has 0 amide bonds. The van der Waals surface area contributed by atoms with E-state index in [9.17, 15) is 4.79 Å². The molecule has 0 N–H and O–H groups in total. The summed E-state index contributed by atoms with van der Waals surface area (Å²) in [4.78, 5) is 14.5. The molecule has 0 saturated heterocycles. The fourth-order valence-corrected chi connectivity index (χ4v) is 3.21. The third-order valence-corrected chi connectivity index (χ3v) is 4.03. The van der Waals surface area contributed by atoms with Gasteiger partial charge in [0.05, 0.1) is 5.52 Å². The van der Waals surface area contributed by atoms with E-state index in [4.69, 9.17) is 0 Å². The highest BCUT2D eigenvalue weighted by atomic mass is 79.9. The van der Waals surface area contributed by atoms with E-state index in [0.717, 1.165) is 32.6 Å². The van der Waals surface area contributed by atoms with Gasteiger partial charge in [0.25, 0.3) is 5.56 Å². The monoisotopic (exact) mass is 323 g/mol. The number of para-hydroxylation sites is 1. The fourth-order valence-electron chi connectivity index (χ4n) is 2.92. The van der Waals surface area contributed by atoms with Crippen molar-refractivity contribution in [2.24, 2.45) is 0 Å². The zero-order valence-electron chi connectivity index (χ0n) is 10.5. The molecule has 20 heavy (non-hydrogen) atoms. The Balaban J connectivity index is 2.40. The first-order chi connectivity index (χ1) is 9.81. The van der Waals surface area contributed by atoms with E-state index in [1.54, 1.807) is 4.40 Å². The van der Waals surface area contributed by atoms with E-state index in [-0.39, 0.29) is 5.56 Å². The van der Waals surface area contributed by atoms with Gasteiger partial charge in [-0.15, -0.1) is 0 Å². The van der Waals surface area contributed by atoms with Crippen molar-refractivity contribution in [3.05, 3.63) is 69.6 Å². The van der Waals surface area contributed by atoms with Crippen molar-refractivity contribution in [2.75, 3.05) is 0 Å². The summed E-state index contributed by atoms with van der Waals surface area (Å²) >= 11 is 3.31. The van der Waals surface area contributed by atoms with Gasteiger partial charge in [-0.3, -0.25) is 9.20 Å². The number of hydrogen-bond donors (Lipinski definition) is 0. The van der Waals surface area contributed by atoms with Crippen LogP contribution in [0.5, 0.6) is 0 Å². The maximum absolute atomic E-state index is 12.6. The first-order valence-electron chi connectivity index (χ1n) is 6.36. The highest BCUT2D eigenvalue weighted by Gasteiger charge is 2.13. The van der Waals surface area contributed by atoms with E-state index in [1.807, 2.05) is 47.6 Å². The van der Waals surface area contributed by atoms with Gasteiger partial charge in [0.1, 0.15) is 0 Å². The molecule has 0 atom stereocenters. The average Bonchev–Trinajstić information content (AvgIpc) is 2.86. The summed E-state index contributed by atoms with van der Waals surface area (Å²) in [6, 6.07) is 14.0. The van der Waals surface area contributed by atoms with Crippen molar-refractivity contribution in [2.45, 2.75) is 0 Å². The number of nitrogens with zero attached hydrogens (tertiary/aromatic N) is 1. The smallest absolute Gasteiger partial charge is 0.263 e. The third-order valence-electron chi connectivity index (χ3n) is 3.77. The molecule has 3 heteroatoms. The lowest BCUT2D eigenvalue weighted by Gasteiger charge is -2.05. The maximum atomic E-state index is 12.6. The van der Waals surface area contributed by atoms with Gasteiger partial charge in [-0.2, -0.15) is 0 Å². The quantitative estimate of drug-likeness (QED) is 0.475. The van der Waals surface area contributed by atoms with Crippen molar-refractivity contribution >= 4 is 49.1 Å². The number of pyridine rings is 1. The molecule has 0 aliphatic carbocycles. The molecule has 2 heterocycles. The molecule has 0 spiro atoms. The highest BCUT2D eigenvalue weighted by Crippen LogP contribution is 2.30. The Morgan fingerprint density at radius 2 is 1.60 bits per heavy atom. The Morgan fingerprint density at radius 1 is 0.900 bits per heavy atom. The van der Waals surface area contributed by atoms with Gasteiger partial charge in [0.2, 0.25) is 0 Å². The van der Waals surface area contributed by atoms with Crippen molar-refractivity contribution in [3.8, 4) is 0 Å². The van der Waals surface area contributed by atoms with Crippen LogP contribution in [0.4, 0.5) is 0 Å². The Labute approximate surface area is 123 Å². The molecule has 2 nitrogen and oxygen atoms in total. The first-order valence-corrected chi connectivity index (χ1v) is 7.28. The largest absolute Gasteiger partial charge is 0.282 e. The van der Waals surface area contributed by atoms with Crippen LogP contribution < -0.4 is 5.56 Å². The van der Waals surface area contributed by atoms with E-state index in [2.05, 4.69) is 28.1 Å². The van der Waals surface area contributed by atoms with Gasteiger partial charge in [-0.25, -0.2) is 0 Å². The average molecular weight is 324 g/mol. The number of hydrogen-bond acceptors (Lipinski definition) is 1. The Morgan fingerprint density at radius 3 is 2.40 bits per heavy atom. The molecule has 2 aromatic carbocycles. The summed E-state index contributed by atoms with van der Waals surface area (Å²) in [6.45, 7) is 0. The van der Waals surface area contributed by atoms with Crippen molar-refractivity contribution < 1.29 is 0 Å². The minimum Gasteiger partial charge on any atom is -0.282 e. The second-order valence-corrected chi connectivity index (χ2v) is 5.33. The number of aromatic nitrogens is 1. The molecule has 4 aromatic rings. The predicted octanol–water partition coefficient (Wildman–Crippen LogP) is 4.41. The maximum Gasteiger partial charge on any atom is 0.263 e. The lowest BCUT2D eigenvalue weighted by molar-refractivity contribution is 1.15. The molecule has 4 rings (SSSR count). The van der Waals surface area contributed by atoms with Crippen molar-refractivity contribution in [1.82, 2.24) is 4.40 Å². The topological polar surface area (TPSA) is 21.5 Å². The number of benzene rings is 2. The molecule has 0 aliphatic rings. The molecule has 0 saturated carbocycles.